The summed E-state index contributed by atoms with van der Waals surface area (Å²) in [6.45, 7) is -0.0840. The van der Waals surface area contributed by atoms with Crippen molar-refractivity contribution >= 4 is 32.7 Å². The number of thiophene rings is 2. The summed E-state index contributed by atoms with van der Waals surface area (Å²) in [5.41, 5.74) is 0.765. The highest BCUT2D eigenvalue weighted by Gasteiger charge is 2.20. The molecule has 0 bridgehead atoms. The van der Waals surface area contributed by atoms with Crippen molar-refractivity contribution in [2.45, 2.75) is 17.5 Å². The summed E-state index contributed by atoms with van der Waals surface area (Å²) in [6.07, 6.45) is -0.776. The van der Waals surface area contributed by atoms with E-state index in [2.05, 4.69) is 4.72 Å². The number of hydrogen-bond acceptors (Lipinski definition) is 5. The molecule has 132 valence electrons. The van der Waals surface area contributed by atoms with E-state index in [0.29, 0.717) is 15.8 Å². The smallest absolute Gasteiger partial charge is 0.243 e. The van der Waals surface area contributed by atoms with Gasteiger partial charge in [0, 0.05) is 16.3 Å². The summed E-state index contributed by atoms with van der Waals surface area (Å²) < 4.78 is 53.4. The van der Waals surface area contributed by atoms with Crippen molar-refractivity contribution in [1.82, 2.24) is 4.72 Å². The second kappa shape index (κ2) is 7.30. The summed E-state index contributed by atoms with van der Waals surface area (Å²) in [7, 11) is -4.19. The monoisotopic (exact) mass is 401 g/mol. The van der Waals surface area contributed by atoms with Crippen molar-refractivity contribution < 1.29 is 22.3 Å². The highest BCUT2D eigenvalue weighted by atomic mass is 32.2. The minimum Gasteiger partial charge on any atom is -0.383 e. The van der Waals surface area contributed by atoms with E-state index >= 15 is 0 Å². The van der Waals surface area contributed by atoms with Gasteiger partial charge in [-0.25, -0.2) is 21.9 Å². The number of aliphatic hydroxyl groups is 1. The van der Waals surface area contributed by atoms with E-state index in [-0.39, 0.29) is 6.54 Å². The Morgan fingerprint density at radius 3 is 2.68 bits per heavy atom. The van der Waals surface area contributed by atoms with E-state index in [9.17, 15) is 22.3 Å². The lowest BCUT2D eigenvalue weighted by molar-refractivity contribution is 0.224. The van der Waals surface area contributed by atoms with Crippen LogP contribution in [0.15, 0.2) is 52.1 Å². The zero-order valence-electron chi connectivity index (χ0n) is 12.6. The van der Waals surface area contributed by atoms with Gasteiger partial charge in [0.1, 0.15) is 22.6 Å². The van der Waals surface area contributed by atoms with Crippen molar-refractivity contribution in [3.05, 3.63) is 74.1 Å². The van der Waals surface area contributed by atoms with Crippen molar-refractivity contribution in [1.29, 1.82) is 0 Å². The molecule has 2 N–H and O–H groups in total. The second-order valence-electron chi connectivity index (χ2n) is 5.16. The second-order valence-corrected chi connectivity index (χ2v) is 8.88. The molecule has 3 aromatic rings. The van der Waals surface area contributed by atoms with Gasteiger partial charge in [-0.2, -0.15) is 11.3 Å². The molecule has 9 heteroatoms. The number of halogens is 2. The Kier molecular flexibility index (Phi) is 5.30. The van der Waals surface area contributed by atoms with Crippen LogP contribution in [0, 0.1) is 11.6 Å². The SMILES string of the molecule is O=S(=O)(NCc1ccc(C(O)c2ccsc2)s1)c1cc(F)ccc1F. The van der Waals surface area contributed by atoms with Gasteiger partial charge in [-0.05, 0) is 52.7 Å². The van der Waals surface area contributed by atoms with Gasteiger partial charge in [0.25, 0.3) is 0 Å². The van der Waals surface area contributed by atoms with Crippen LogP contribution in [-0.2, 0) is 16.6 Å². The maximum atomic E-state index is 13.6. The zero-order chi connectivity index (χ0) is 18.0. The number of aliphatic hydroxyl groups excluding tert-OH is 1. The van der Waals surface area contributed by atoms with Crippen LogP contribution >= 0.6 is 22.7 Å². The third-order valence-corrected chi connectivity index (χ3v) is 6.69. The van der Waals surface area contributed by atoms with Crippen LogP contribution in [-0.4, -0.2) is 13.5 Å². The first-order chi connectivity index (χ1) is 11.9. The maximum Gasteiger partial charge on any atom is 0.243 e. The van der Waals surface area contributed by atoms with Crippen LogP contribution in [0.25, 0.3) is 0 Å². The van der Waals surface area contributed by atoms with E-state index in [1.54, 1.807) is 12.1 Å². The molecule has 0 radical (unpaired) electrons. The molecule has 0 aliphatic rings. The number of rotatable bonds is 6. The molecule has 1 aromatic carbocycles. The van der Waals surface area contributed by atoms with Gasteiger partial charge in [0.05, 0.1) is 0 Å². The van der Waals surface area contributed by atoms with Crippen LogP contribution in [0.2, 0.25) is 0 Å². The molecule has 3 rings (SSSR count). The van der Waals surface area contributed by atoms with E-state index < -0.39 is 32.7 Å². The Bertz CT molecular complexity index is 968. The quantitative estimate of drug-likeness (QED) is 0.663. The van der Waals surface area contributed by atoms with Gasteiger partial charge in [-0.1, -0.05) is 0 Å². The van der Waals surface area contributed by atoms with Gasteiger partial charge < -0.3 is 5.11 Å². The zero-order valence-corrected chi connectivity index (χ0v) is 15.1. The van der Waals surface area contributed by atoms with Gasteiger partial charge in [-0.15, -0.1) is 11.3 Å². The molecule has 1 unspecified atom stereocenters. The summed E-state index contributed by atoms with van der Waals surface area (Å²) in [6, 6.07) is 7.46. The third kappa shape index (κ3) is 4.13. The average molecular weight is 401 g/mol. The fourth-order valence-corrected chi connectivity index (χ4v) is 4.99. The predicted molar refractivity (Wildman–Crippen MR) is 93.1 cm³/mol. The lowest BCUT2D eigenvalue weighted by Crippen LogP contribution is -2.24. The maximum absolute atomic E-state index is 13.6. The van der Waals surface area contributed by atoms with Gasteiger partial charge >= 0.3 is 0 Å². The Morgan fingerprint density at radius 1 is 1.16 bits per heavy atom. The van der Waals surface area contributed by atoms with E-state index in [1.165, 1.54) is 22.7 Å². The van der Waals surface area contributed by atoms with E-state index in [1.807, 2.05) is 16.8 Å². The average Bonchev–Trinajstić information content (AvgIpc) is 3.26. The first kappa shape index (κ1) is 18.2. The summed E-state index contributed by atoms with van der Waals surface area (Å²) in [5, 5.41) is 13.9. The highest BCUT2D eigenvalue weighted by Crippen LogP contribution is 2.29. The Labute approximate surface area is 151 Å². The normalized spacial score (nSPS) is 13.1. The summed E-state index contributed by atoms with van der Waals surface area (Å²) in [4.78, 5) is 0.580. The van der Waals surface area contributed by atoms with Crippen molar-refractivity contribution in [3.63, 3.8) is 0 Å². The van der Waals surface area contributed by atoms with Crippen LogP contribution in [0.3, 0.4) is 0 Å². The molecule has 25 heavy (non-hydrogen) atoms. The number of nitrogens with one attached hydrogen (secondary N) is 1. The van der Waals surface area contributed by atoms with Crippen molar-refractivity contribution in [3.8, 4) is 0 Å². The lowest BCUT2D eigenvalue weighted by atomic mass is 10.2. The fourth-order valence-electron chi connectivity index (χ4n) is 2.16. The largest absolute Gasteiger partial charge is 0.383 e. The molecule has 2 heterocycles. The number of sulfonamides is 1. The molecule has 1 atom stereocenters. The van der Waals surface area contributed by atoms with Crippen LogP contribution in [0.5, 0.6) is 0 Å². The molecule has 0 amide bonds. The summed E-state index contributed by atoms with van der Waals surface area (Å²) >= 11 is 2.71. The van der Waals surface area contributed by atoms with E-state index in [0.717, 1.165) is 17.7 Å². The third-order valence-electron chi connectivity index (χ3n) is 3.43. The van der Waals surface area contributed by atoms with Crippen LogP contribution in [0.4, 0.5) is 8.78 Å². The minimum atomic E-state index is -4.19. The standard InChI is InChI=1S/C16H13F2NO3S3/c17-11-1-3-13(18)15(7-11)25(21,22)19-8-12-2-4-14(24-12)16(20)10-5-6-23-9-10/h1-7,9,16,19-20H,8H2. The Morgan fingerprint density at radius 2 is 1.96 bits per heavy atom. The highest BCUT2D eigenvalue weighted by molar-refractivity contribution is 7.89. The van der Waals surface area contributed by atoms with Crippen LogP contribution < -0.4 is 4.72 Å². The van der Waals surface area contributed by atoms with Gasteiger partial charge in [0.2, 0.25) is 10.0 Å². The first-order valence-electron chi connectivity index (χ1n) is 7.10. The molecular weight excluding hydrogens is 388 g/mol. The minimum absolute atomic E-state index is 0.0840. The molecule has 0 fully saturated rings. The number of hydrogen-bond donors (Lipinski definition) is 2. The molecule has 0 aliphatic carbocycles. The Hall–Kier alpha value is -1.65. The molecule has 0 spiro atoms. The van der Waals surface area contributed by atoms with Crippen molar-refractivity contribution in [2.24, 2.45) is 0 Å². The molecule has 4 nitrogen and oxygen atoms in total. The van der Waals surface area contributed by atoms with Gasteiger partial charge in [-0.3, -0.25) is 0 Å². The molecule has 2 aromatic heterocycles. The van der Waals surface area contributed by atoms with Crippen LogP contribution in [0.1, 0.15) is 21.4 Å². The first-order valence-corrected chi connectivity index (χ1v) is 10.3. The molecule has 0 aliphatic heterocycles. The van der Waals surface area contributed by atoms with Crippen molar-refractivity contribution in [2.75, 3.05) is 0 Å². The molecular formula is C16H13F2NO3S3. The lowest BCUT2D eigenvalue weighted by Gasteiger charge is -2.07. The predicted octanol–water partition coefficient (Wildman–Crippen LogP) is 3.65. The fraction of sp³-hybridized carbons (Fsp3) is 0.125. The molecule has 0 saturated carbocycles. The van der Waals surface area contributed by atoms with E-state index in [4.69, 9.17) is 0 Å². The summed E-state index contributed by atoms with van der Waals surface area (Å²) in [5.74, 6) is -1.85. The Balaban J connectivity index is 1.72. The number of benzene rings is 1. The topological polar surface area (TPSA) is 66.4 Å². The molecule has 0 saturated heterocycles. The van der Waals surface area contributed by atoms with Gasteiger partial charge in [0.15, 0.2) is 0 Å².